The molecule has 0 aliphatic rings. The molecule has 0 aliphatic carbocycles. The van der Waals surface area contributed by atoms with Crippen molar-refractivity contribution in [2.75, 3.05) is 18.5 Å². The number of hydrogen-bond acceptors (Lipinski definition) is 3. The van der Waals surface area contributed by atoms with E-state index in [0.29, 0.717) is 6.61 Å². The highest BCUT2D eigenvalue weighted by Gasteiger charge is 2.07. The van der Waals surface area contributed by atoms with Gasteiger partial charge in [-0.25, -0.2) is 0 Å². The van der Waals surface area contributed by atoms with Crippen LogP contribution in [0.4, 0.5) is 5.69 Å². The quantitative estimate of drug-likeness (QED) is 0.813. The van der Waals surface area contributed by atoms with Crippen LogP contribution in [0.1, 0.15) is 13.8 Å². The molecule has 20 heavy (non-hydrogen) atoms. The number of hydrogen-bond donors (Lipinski definition) is 1. The molecule has 0 saturated carbocycles. The Bertz CT molecular complexity index is 513. The topological polar surface area (TPSA) is 30.5 Å². The van der Waals surface area contributed by atoms with E-state index < -0.39 is 0 Å². The lowest BCUT2D eigenvalue weighted by atomic mass is 10.2. The van der Waals surface area contributed by atoms with Gasteiger partial charge < -0.3 is 14.8 Å². The van der Waals surface area contributed by atoms with E-state index in [-0.39, 0.29) is 6.04 Å². The summed E-state index contributed by atoms with van der Waals surface area (Å²) in [7, 11) is 0. The minimum atomic E-state index is 0.232. The van der Waals surface area contributed by atoms with Crippen molar-refractivity contribution in [2.45, 2.75) is 19.9 Å². The average Bonchev–Trinajstić information content (AvgIpc) is 2.48. The molecule has 1 atom stereocenters. The Morgan fingerprint density at radius 3 is 2.45 bits per heavy atom. The molecule has 0 radical (unpaired) electrons. The van der Waals surface area contributed by atoms with Crippen molar-refractivity contribution in [3.63, 3.8) is 0 Å². The molecule has 0 saturated heterocycles. The molecule has 2 aromatic rings. The van der Waals surface area contributed by atoms with Crippen molar-refractivity contribution >= 4 is 5.69 Å². The van der Waals surface area contributed by atoms with Gasteiger partial charge in [0.05, 0.1) is 12.3 Å². The molecule has 3 nitrogen and oxygen atoms in total. The molecule has 0 amide bonds. The highest BCUT2D eigenvalue weighted by Crippen LogP contribution is 2.29. The number of para-hydroxylation sites is 3. The molecule has 106 valence electrons. The molecule has 0 spiro atoms. The first kappa shape index (κ1) is 14.4. The summed E-state index contributed by atoms with van der Waals surface area (Å²) in [5.41, 5.74) is 0.976. The van der Waals surface area contributed by atoms with E-state index in [1.54, 1.807) is 0 Å². The Hall–Kier alpha value is -2.00. The van der Waals surface area contributed by atoms with Gasteiger partial charge in [-0.1, -0.05) is 30.3 Å². The summed E-state index contributed by atoms with van der Waals surface area (Å²) in [6.45, 7) is 5.50. The molecule has 0 fully saturated rings. The van der Waals surface area contributed by atoms with Crippen molar-refractivity contribution in [2.24, 2.45) is 0 Å². The third kappa shape index (κ3) is 4.28. The lowest BCUT2D eigenvalue weighted by Crippen LogP contribution is -2.21. The molecule has 2 aromatic carbocycles. The zero-order valence-corrected chi connectivity index (χ0v) is 12.0. The van der Waals surface area contributed by atoms with Crippen molar-refractivity contribution in [1.29, 1.82) is 0 Å². The maximum Gasteiger partial charge on any atom is 0.150 e. The average molecular weight is 271 g/mol. The monoisotopic (exact) mass is 271 g/mol. The fourth-order valence-electron chi connectivity index (χ4n) is 1.89. The summed E-state index contributed by atoms with van der Waals surface area (Å²) in [5.74, 6) is 1.65. The second-order valence-electron chi connectivity index (χ2n) is 4.62. The summed E-state index contributed by atoms with van der Waals surface area (Å²) in [5, 5.41) is 3.42. The van der Waals surface area contributed by atoms with Crippen LogP contribution in [0.3, 0.4) is 0 Å². The number of ether oxygens (including phenoxy) is 2. The largest absolute Gasteiger partial charge is 0.455 e. The van der Waals surface area contributed by atoms with Crippen LogP contribution in [-0.2, 0) is 4.74 Å². The molecule has 1 unspecified atom stereocenters. The minimum Gasteiger partial charge on any atom is -0.455 e. The molecule has 0 aliphatic heterocycles. The van der Waals surface area contributed by atoms with Crippen LogP contribution in [-0.4, -0.2) is 19.3 Å². The molecule has 0 heterocycles. The number of benzene rings is 2. The standard InChI is InChI=1S/C17H21NO2/c1-3-19-13-14(2)18-16-11-7-8-12-17(16)20-15-9-5-4-6-10-15/h4-12,14,18H,3,13H2,1-2H3. The molecule has 0 aromatic heterocycles. The Labute approximate surface area is 120 Å². The summed E-state index contributed by atoms with van der Waals surface area (Å²) in [6, 6.07) is 18.0. The van der Waals surface area contributed by atoms with E-state index >= 15 is 0 Å². The molecule has 2 rings (SSSR count). The second-order valence-corrected chi connectivity index (χ2v) is 4.62. The SMILES string of the molecule is CCOCC(C)Nc1ccccc1Oc1ccccc1. The van der Waals surface area contributed by atoms with E-state index in [9.17, 15) is 0 Å². The van der Waals surface area contributed by atoms with Gasteiger partial charge in [0.25, 0.3) is 0 Å². The fourth-order valence-corrected chi connectivity index (χ4v) is 1.89. The van der Waals surface area contributed by atoms with E-state index in [1.807, 2.05) is 61.5 Å². The summed E-state index contributed by atoms with van der Waals surface area (Å²) in [6.07, 6.45) is 0. The Morgan fingerprint density at radius 1 is 1.00 bits per heavy atom. The summed E-state index contributed by atoms with van der Waals surface area (Å²) in [4.78, 5) is 0. The maximum atomic E-state index is 5.91. The summed E-state index contributed by atoms with van der Waals surface area (Å²) >= 11 is 0. The van der Waals surface area contributed by atoms with Crippen LogP contribution < -0.4 is 10.1 Å². The van der Waals surface area contributed by atoms with Gasteiger partial charge in [0.2, 0.25) is 0 Å². The van der Waals surface area contributed by atoms with Crippen LogP contribution >= 0.6 is 0 Å². The van der Waals surface area contributed by atoms with Crippen molar-refractivity contribution in [3.05, 3.63) is 54.6 Å². The first-order chi connectivity index (χ1) is 9.79. The second kappa shape index (κ2) is 7.56. The Balaban J connectivity index is 2.06. The number of anilines is 1. The number of rotatable bonds is 7. The van der Waals surface area contributed by atoms with E-state index in [0.717, 1.165) is 23.8 Å². The third-order valence-corrected chi connectivity index (χ3v) is 2.83. The third-order valence-electron chi connectivity index (χ3n) is 2.83. The van der Waals surface area contributed by atoms with Crippen LogP contribution in [0, 0.1) is 0 Å². The lowest BCUT2D eigenvalue weighted by Gasteiger charge is -2.18. The zero-order chi connectivity index (χ0) is 14.2. The summed E-state index contributed by atoms with van der Waals surface area (Å²) < 4.78 is 11.3. The van der Waals surface area contributed by atoms with Gasteiger partial charge in [0, 0.05) is 12.6 Å². The minimum absolute atomic E-state index is 0.232. The van der Waals surface area contributed by atoms with E-state index in [1.165, 1.54) is 0 Å². The fraction of sp³-hybridized carbons (Fsp3) is 0.294. The maximum absolute atomic E-state index is 5.91. The number of nitrogens with one attached hydrogen (secondary N) is 1. The van der Waals surface area contributed by atoms with Gasteiger partial charge in [-0.15, -0.1) is 0 Å². The predicted octanol–water partition coefficient (Wildman–Crippen LogP) is 4.32. The molecule has 3 heteroatoms. The van der Waals surface area contributed by atoms with Gasteiger partial charge in [-0.05, 0) is 38.1 Å². The molecular weight excluding hydrogens is 250 g/mol. The van der Waals surface area contributed by atoms with Gasteiger partial charge in [-0.2, -0.15) is 0 Å². The van der Waals surface area contributed by atoms with Crippen LogP contribution in [0.5, 0.6) is 11.5 Å². The molecule has 1 N–H and O–H groups in total. The van der Waals surface area contributed by atoms with Crippen molar-refractivity contribution < 1.29 is 9.47 Å². The van der Waals surface area contributed by atoms with Gasteiger partial charge in [0.1, 0.15) is 5.75 Å². The Kier molecular flexibility index (Phi) is 5.44. The van der Waals surface area contributed by atoms with Crippen molar-refractivity contribution in [3.8, 4) is 11.5 Å². The first-order valence-electron chi connectivity index (χ1n) is 6.96. The highest BCUT2D eigenvalue weighted by molar-refractivity contribution is 5.57. The molecule has 0 bridgehead atoms. The van der Waals surface area contributed by atoms with Gasteiger partial charge in [0.15, 0.2) is 5.75 Å². The highest BCUT2D eigenvalue weighted by atomic mass is 16.5. The zero-order valence-electron chi connectivity index (χ0n) is 12.0. The molecular formula is C17H21NO2. The van der Waals surface area contributed by atoms with Crippen LogP contribution in [0.2, 0.25) is 0 Å². The smallest absolute Gasteiger partial charge is 0.150 e. The predicted molar refractivity (Wildman–Crippen MR) is 82.5 cm³/mol. The van der Waals surface area contributed by atoms with E-state index in [2.05, 4.69) is 12.2 Å². The normalized spacial score (nSPS) is 11.9. The van der Waals surface area contributed by atoms with Gasteiger partial charge >= 0.3 is 0 Å². The van der Waals surface area contributed by atoms with Crippen LogP contribution in [0.15, 0.2) is 54.6 Å². The van der Waals surface area contributed by atoms with Crippen molar-refractivity contribution in [1.82, 2.24) is 0 Å². The Morgan fingerprint density at radius 2 is 1.70 bits per heavy atom. The van der Waals surface area contributed by atoms with Gasteiger partial charge in [-0.3, -0.25) is 0 Å². The first-order valence-corrected chi connectivity index (χ1v) is 6.96. The van der Waals surface area contributed by atoms with E-state index in [4.69, 9.17) is 9.47 Å². The van der Waals surface area contributed by atoms with Crippen LogP contribution in [0.25, 0.3) is 0 Å². The lowest BCUT2D eigenvalue weighted by molar-refractivity contribution is 0.141.